The minimum absolute atomic E-state index is 0. The fourth-order valence-corrected chi connectivity index (χ4v) is 1.40. The summed E-state index contributed by atoms with van der Waals surface area (Å²) >= 11 is 0. The first-order valence-corrected chi connectivity index (χ1v) is 4.89. The summed E-state index contributed by atoms with van der Waals surface area (Å²) in [6.45, 7) is 0.972. The first-order chi connectivity index (χ1) is 8.02. The minimum Gasteiger partial charge on any atom is -0.550 e. The van der Waals surface area contributed by atoms with Crippen LogP contribution in [-0.2, 0) is 24.3 Å². The Balaban J connectivity index is 0.000000512. The van der Waals surface area contributed by atoms with E-state index in [1.54, 1.807) is 18.2 Å². The molecule has 0 heterocycles. The van der Waals surface area contributed by atoms with Crippen molar-refractivity contribution in [2.24, 2.45) is 0 Å². The second kappa shape index (κ2) is 7.56. The molecule has 0 unspecified atom stereocenters. The van der Waals surface area contributed by atoms with Gasteiger partial charge in [-0.1, -0.05) is 42.5 Å². The fraction of sp³-hybridized carbons (Fsp3) is 0.0769. The van der Waals surface area contributed by atoms with E-state index in [-0.39, 0.29) is 25.0 Å². The normalized spacial score (nSPS) is 8.72. The van der Waals surface area contributed by atoms with Gasteiger partial charge in [0.2, 0.25) is 0 Å². The van der Waals surface area contributed by atoms with E-state index < -0.39 is 11.9 Å². The van der Waals surface area contributed by atoms with Gasteiger partial charge in [0, 0.05) is 11.5 Å². The van der Waals surface area contributed by atoms with E-state index in [4.69, 9.17) is 9.90 Å². The maximum atomic E-state index is 10.7. The molecule has 2 aromatic rings. The molecule has 0 radical (unpaired) electrons. The standard InChI is InChI=1S/C11H8O2.C2H4O2.Zn/c12-11(13)10-7-3-5-8-4-1-2-6-9(8)10;1-2(3)4;/h1-7H,(H,12,13);1H3,(H,3,4);/q;;+2/p-2. The number of hydrogen-bond acceptors (Lipinski definition) is 4. The van der Waals surface area contributed by atoms with Crippen LogP contribution in [0, 0.1) is 0 Å². The Morgan fingerprint density at radius 1 is 0.944 bits per heavy atom. The second-order valence-corrected chi connectivity index (χ2v) is 3.31. The molecule has 0 aliphatic rings. The van der Waals surface area contributed by atoms with Crippen LogP contribution in [0.5, 0.6) is 0 Å². The van der Waals surface area contributed by atoms with Gasteiger partial charge in [-0.2, -0.15) is 0 Å². The van der Waals surface area contributed by atoms with E-state index in [1.807, 2.05) is 24.3 Å². The van der Waals surface area contributed by atoms with E-state index in [9.17, 15) is 9.90 Å². The van der Waals surface area contributed by atoms with Gasteiger partial charge >= 0.3 is 19.5 Å². The summed E-state index contributed by atoms with van der Waals surface area (Å²) in [5.74, 6) is -2.21. The predicted octanol–water partition coefficient (Wildman–Crippen LogP) is -0.0430. The van der Waals surface area contributed by atoms with Crippen LogP contribution in [-0.4, -0.2) is 11.9 Å². The van der Waals surface area contributed by atoms with E-state index in [2.05, 4.69) is 0 Å². The van der Waals surface area contributed by atoms with E-state index >= 15 is 0 Å². The van der Waals surface area contributed by atoms with Crippen LogP contribution >= 0.6 is 0 Å². The van der Waals surface area contributed by atoms with Crippen molar-refractivity contribution in [3.8, 4) is 0 Å². The van der Waals surface area contributed by atoms with Crippen molar-refractivity contribution in [2.45, 2.75) is 6.92 Å². The van der Waals surface area contributed by atoms with Crippen molar-refractivity contribution < 1.29 is 39.3 Å². The molecule has 0 N–H and O–H groups in total. The van der Waals surface area contributed by atoms with Gasteiger partial charge in [-0.25, -0.2) is 0 Å². The molecule has 0 atom stereocenters. The Morgan fingerprint density at radius 2 is 1.44 bits per heavy atom. The van der Waals surface area contributed by atoms with Crippen molar-refractivity contribution in [1.29, 1.82) is 0 Å². The molecule has 0 aromatic heterocycles. The number of hydrogen-bond donors (Lipinski definition) is 0. The van der Waals surface area contributed by atoms with Crippen LogP contribution in [0.3, 0.4) is 0 Å². The van der Waals surface area contributed by atoms with E-state index in [1.165, 1.54) is 0 Å². The van der Waals surface area contributed by atoms with Gasteiger partial charge in [0.15, 0.2) is 0 Å². The van der Waals surface area contributed by atoms with Gasteiger partial charge < -0.3 is 19.8 Å². The summed E-state index contributed by atoms with van der Waals surface area (Å²) in [5.41, 5.74) is 0.248. The number of carbonyl (C=O) groups is 2. The molecule has 0 saturated heterocycles. The zero-order valence-corrected chi connectivity index (χ0v) is 12.8. The van der Waals surface area contributed by atoms with Gasteiger partial charge in [0.1, 0.15) is 0 Å². The zero-order chi connectivity index (χ0) is 12.8. The van der Waals surface area contributed by atoms with Crippen LogP contribution in [0.1, 0.15) is 17.3 Å². The molecule has 0 aliphatic heterocycles. The van der Waals surface area contributed by atoms with Crippen LogP contribution in [0.2, 0.25) is 0 Å². The van der Waals surface area contributed by atoms with Gasteiger partial charge in [0.05, 0.1) is 5.97 Å². The molecule has 5 heteroatoms. The molecule has 18 heavy (non-hydrogen) atoms. The topological polar surface area (TPSA) is 80.3 Å². The van der Waals surface area contributed by atoms with Gasteiger partial charge in [-0.3, -0.25) is 0 Å². The monoisotopic (exact) mass is 294 g/mol. The summed E-state index contributed by atoms with van der Waals surface area (Å²) in [5, 5.41) is 21.2. The quantitative estimate of drug-likeness (QED) is 0.691. The third kappa shape index (κ3) is 4.64. The van der Waals surface area contributed by atoms with Crippen LogP contribution in [0.25, 0.3) is 10.8 Å². The SMILES string of the molecule is CC(=O)[O-].O=C([O-])c1cccc2ccccc12.[Zn+2]. The Labute approximate surface area is 117 Å². The van der Waals surface area contributed by atoms with E-state index in [0.717, 1.165) is 17.7 Å². The predicted molar refractivity (Wildman–Crippen MR) is 59.0 cm³/mol. The van der Waals surface area contributed by atoms with Gasteiger partial charge in [-0.05, 0) is 17.7 Å². The van der Waals surface area contributed by atoms with Crippen LogP contribution < -0.4 is 10.2 Å². The maximum Gasteiger partial charge on any atom is 2.00 e. The number of fused-ring (bicyclic) bond motifs is 1. The van der Waals surface area contributed by atoms with Crippen LogP contribution in [0.15, 0.2) is 42.5 Å². The molecule has 0 saturated carbocycles. The second-order valence-electron chi connectivity index (χ2n) is 3.31. The summed E-state index contributed by atoms with van der Waals surface area (Å²) < 4.78 is 0. The molecule has 0 spiro atoms. The number of carbonyl (C=O) groups excluding carboxylic acids is 2. The van der Waals surface area contributed by atoms with Crippen molar-refractivity contribution in [3.63, 3.8) is 0 Å². The van der Waals surface area contributed by atoms with Crippen LogP contribution in [0.4, 0.5) is 0 Å². The summed E-state index contributed by atoms with van der Waals surface area (Å²) in [6.07, 6.45) is 0. The maximum absolute atomic E-state index is 10.7. The number of carboxylic acids is 2. The smallest absolute Gasteiger partial charge is 0.550 e. The molecule has 2 rings (SSSR count). The Morgan fingerprint density at radius 3 is 2.00 bits per heavy atom. The fourth-order valence-electron chi connectivity index (χ4n) is 1.40. The first-order valence-electron chi connectivity index (χ1n) is 4.89. The average Bonchev–Trinajstić information content (AvgIpc) is 2.27. The Bertz CT molecular complexity index is 542. The molecular formula is C13H10O4Zn. The number of aromatic carboxylic acids is 1. The minimum atomic E-state index is -1.13. The first kappa shape index (κ1) is 16.3. The molecule has 0 fully saturated rings. The van der Waals surface area contributed by atoms with Gasteiger partial charge in [-0.15, -0.1) is 0 Å². The van der Waals surface area contributed by atoms with Crippen molar-refractivity contribution in [2.75, 3.05) is 0 Å². The number of rotatable bonds is 1. The molecule has 0 aliphatic carbocycles. The summed E-state index contributed by atoms with van der Waals surface area (Å²) in [7, 11) is 0. The molecule has 88 valence electrons. The van der Waals surface area contributed by atoms with E-state index in [0.29, 0.717) is 0 Å². The summed E-state index contributed by atoms with van der Waals surface area (Å²) in [6, 6.07) is 12.5. The van der Waals surface area contributed by atoms with Crippen molar-refractivity contribution in [1.82, 2.24) is 0 Å². The molecule has 0 bridgehead atoms. The molecule has 2 aromatic carbocycles. The van der Waals surface area contributed by atoms with Gasteiger partial charge in [0.25, 0.3) is 0 Å². The van der Waals surface area contributed by atoms with Crippen molar-refractivity contribution in [3.05, 3.63) is 48.0 Å². The summed E-state index contributed by atoms with van der Waals surface area (Å²) in [4.78, 5) is 19.6. The average molecular weight is 296 g/mol. The zero-order valence-electron chi connectivity index (χ0n) is 9.88. The number of carboxylic acid groups (broad SMARTS) is 2. The largest absolute Gasteiger partial charge is 2.00 e. The molecule has 4 nitrogen and oxygen atoms in total. The Hall–Kier alpha value is -1.74. The molecule has 0 amide bonds. The van der Waals surface area contributed by atoms with Crippen molar-refractivity contribution >= 4 is 22.7 Å². The third-order valence-corrected chi connectivity index (χ3v) is 2.01. The number of benzene rings is 2. The number of aliphatic carboxylic acids is 1. The third-order valence-electron chi connectivity index (χ3n) is 2.01. The Kier molecular flexibility index (Phi) is 6.83. The molecular weight excluding hydrogens is 286 g/mol.